The van der Waals surface area contributed by atoms with Crippen LogP contribution in [0, 0.1) is 24.1 Å². The number of carbonyl (C=O) groups is 1. The molecule has 2 aromatic carbocycles. The van der Waals surface area contributed by atoms with Gasteiger partial charge in [0.05, 0.1) is 27.6 Å². The number of rotatable bonds is 7. The summed E-state index contributed by atoms with van der Waals surface area (Å²) in [7, 11) is 0. The van der Waals surface area contributed by atoms with Crippen molar-refractivity contribution in [3.63, 3.8) is 0 Å². The molecule has 5 aromatic rings. The highest BCUT2D eigenvalue weighted by atomic mass is 32.1. The maximum Gasteiger partial charge on any atom is 0.261 e. The fourth-order valence-electron chi connectivity index (χ4n) is 4.00. The van der Waals surface area contributed by atoms with E-state index in [2.05, 4.69) is 21.6 Å². The molecule has 0 unspecified atom stereocenters. The van der Waals surface area contributed by atoms with Crippen molar-refractivity contribution < 1.29 is 9.18 Å². The molecule has 1 amide bonds. The highest BCUT2D eigenvalue weighted by Gasteiger charge is 2.18. The van der Waals surface area contributed by atoms with Gasteiger partial charge in [0, 0.05) is 11.9 Å². The van der Waals surface area contributed by atoms with Crippen LogP contribution < -0.4 is 11.1 Å². The fraction of sp³-hybridized carbons (Fsp3) is 0.154. The van der Waals surface area contributed by atoms with Crippen molar-refractivity contribution in [2.75, 3.05) is 12.3 Å². The third-order valence-electron chi connectivity index (χ3n) is 5.82. The number of para-hydroxylation sites is 1. The number of benzene rings is 2. The van der Waals surface area contributed by atoms with Gasteiger partial charge in [-0.3, -0.25) is 4.79 Å². The minimum absolute atomic E-state index is 0.184. The molecule has 180 valence electrons. The van der Waals surface area contributed by atoms with Crippen LogP contribution >= 0.6 is 11.3 Å². The Morgan fingerprint density at radius 2 is 1.83 bits per heavy atom. The van der Waals surface area contributed by atoms with Crippen LogP contribution in [-0.4, -0.2) is 32.0 Å². The van der Waals surface area contributed by atoms with Crippen LogP contribution in [-0.2, 0) is 6.42 Å². The van der Waals surface area contributed by atoms with Gasteiger partial charge in [0.1, 0.15) is 28.1 Å². The maximum atomic E-state index is 13.3. The van der Waals surface area contributed by atoms with Crippen molar-refractivity contribution in [1.82, 2.24) is 24.9 Å². The zero-order valence-corrected chi connectivity index (χ0v) is 20.2. The lowest BCUT2D eigenvalue weighted by Crippen LogP contribution is -2.24. The van der Waals surface area contributed by atoms with Crippen LogP contribution in [0.15, 0.2) is 60.7 Å². The van der Waals surface area contributed by atoms with Crippen LogP contribution in [0.1, 0.15) is 33.0 Å². The Morgan fingerprint density at radius 1 is 1.11 bits per heavy atom. The van der Waals surface area contributed by atoms with E-state index in [1.54, 1.807) is 21.5 Å². The molecule has 8 nitrogen and oxygen atoms in total. The Labute approximate surface area is 210 Å². The Morgan fingerprint density at radius 3 is 2.56 bits per heavy atom. The summed E-state index contributed by atoms with van der Waals surface area (Å²) in [6.07, 6.45) is 1.09. The second kappa shape index (κ2) is 9.64. The highest BCUT2D eigenvalue weighted by molar-refractivity contribution is 7.20. The van der Waals surface area contributed by atoms with Crippen molar-refractivity contribution in [1.29, 1.82) is 5.26 Å². The summed E-state index contributed by atoms with van der Waals surface area (Å²) in [5, 5.41) is 22.4. The van der Waals surface area contributed by atoms with Gasteiger partial charge in [-0.15, -0.1) is 11.3 Å². The molecule has 0 aliphatic rings. The van der Waals surface area contributed by atoms with Gasteiger partial charge in [-0.25, -0.2) is 13.8 Å². The second-order valence-electron chi connectivity index (χ2n) is 8.23. The zero-order valence-electron chi connectivity index (χ0n) is 19.4. The molecule has 0 saturated heterocycles. The first-order chi connectivity index (χ1) is 17.5. The number of aromatic nitrogens is 4. The Hall–Kier alpha value is -4.49. The summed E-state index contributed by atoms with van der Waals surface area (Å²) in [6.45, 7) is 2.29. The highest BCUT2D eigenvalue weighted by Crippen LogP contribution is 2.30. The summed E-state index contributed by atoms with van der Waals surface area (Å²) < 4.78 is 16.6. The first-order valence-electron chi connectivity index (χ1n) is 11.3. The minimum atomic E-state index is -0.318. The molecule has 3 N–H and O–H groups in total. The van der Waals surface area contributed by atoms with Crippen molar-refractivity contribution in [2.24, 2.45) is 0 Å². The van der Waals surface area contributed by atoms with Gasteiger partial charge in [0.2, 0.25) is 0 Å². The van der Waals surface area contributed by atoms with Gasteiger partial charge in [-0.2, -0.15) is 15.5 Å². The first-order valence-corrected chi connectivity index (χ1v) is 12.1. The van der Waals surface area contributed by atoms with E-state index in [1.165, 1.54) is 23.5 Å². The van der Waals surface area contributed by atoms with Crippen molar-refractivity contribution >= 4 is 33.3 Å². The predicted octanol–water partition coefficient (Wildman–Crippen LogP) is 4.54. The lowest BCUT2D eigenvalue weighted by Gasteiger charge is -2.04. The third kappa shape index (κ3) is 4.32. The summed E-state index contributed by atoms with van der Waals surface area (Å²) in [5.41, 5.74) is 9.42. The van der Waals surface area contributed by atoms with E-state index in [0.29, 0.717) is 41.3 Å². The largest absolute Gasteiger partial charge is 0.382 e. The molecule has 3 aromatic heterocycles. The topological polar surface area (TPSA) is 115 Å². The number of nitrogens with one attached hydrogen (secondary N) is 1. The van der Waals surface area contributed by atoms with Gasteiger partial charge in [0.25, 0.3) is 5.91 Å². The Kier molecular flexibility index (Phi) is 6.23. The first kappa shape index (κ1) is 23.3. The molecule has 0 saturated carbocycles. The molecule has 0 aliphatic heterocycles. The SMILES string of the molecule is Cc1nn(-c2ccc(F)cc2)c2sc(C(=O)NCCCc3nn(-c4ccccc4)c(N)c3C#N)cc12. The van der Waals surface area contributed by atoms with Crippen LogP contribution in [0.3, 0.4) is 0 Å². The van der Waals surface area contributed by atoms with Crippen molar-refractivity contribution in [3.05, 3.63) is 88.3 Å². The number of carbonyl (C=O) groups excluding carboxylic acids is 1. The molecule has 0 radical (unpaired) electrons. The van der Waals surface area contributed by atoms with E-state index in [1.807, 2.05) is 43.3 Å². The smallest absolute Gasteiger partial charge is 0.261 e. The lowest BCUT2D eigenvalue weighted by molar-refractivity contribution is 0.0957. The number of nitrogens with two attached hydrogens (primary N) is 1. The Bertz CT molecular complexity index is 1590. The summed E-state index contributed by atoms with van der Waals surface area (Å²) in [5.74, 6) is -0.198. The number of fused-ring (bicyclic) bond motifs is 1. The molecule has 3 heterocycles. The number of nitrogen functional groups attached to an aromatic ring is 1. The average molecular weight is 500 g/mol. The average Bonchev–Trinajstić information content (AvgIpc) is 3.55. The summed E-state index contributed by atoms with van der Waals surface area (Å²) in [6, 6.07) is 19.4. The number of aryl methyl sites for hydroxylation is 2. The number of halogens is 1. The van der Waals surface area contributed by atoms with E-state index in [4.69, 9.17) is 5.73 Å². The van der Waals surface area contributed by atoms with E-state index in [9.17, 15) is 14.4 Å². The van der Waals surface area contributed by atoms with Gasteiger partial charge < -0.3 is 11.1 Å². The van der Waals surface area contributed by atoms with Crippen LogP contribution in [0.5, 0.6) is 0 Å². The second-order valence-corrected chi connectivity index (χ2v) is 9.26. The van der Waals surface area contributed by atoms with Crippen LogP contribution in [0.2, 0.25) is 0 Å². The number of hydrogen-bond acceptors (Lipinski definition) is 6. The molecular weight excluding hydrogens is 477 g/mol. The quantitative estimate of drug-likeness (QED) is 0.319. The molecule has 0 aliphatic carbocycles. The number of hydrogen-bond donors (Lipinski definition) is 2. The number of thiophene rings is 1. The van der Waals surface area contributed by atoms with Crippen molar-refractivity contribution in [2.45, 2.75) is 19.8 Å². The minimum Gasteiger partial charge on any atom is -0.382 e. The molecular formula is C26H22FN7OS. The molecule has 10 heteroatoms. The summed E-state index contributed by atoms with van der Waals surface area (Å²) >= 11 is 1.33. The summed E-state index contributed by atoms with van der Waals surface area (Å²) in [4.78, 5) is 14.2. The monoisotopic (exact) mass is 499 g/mol. The predicted molar refractivity (Wildman–Crippen MR) is 137 cm³/mol. The standard InChI is InChI=1S/C26H22FN7OS/c1-16-20-14-23(36-26(20)34(31-16)19-11-9-17(27)10-12-19)25(35)30-13-5-8-22-21(15-28)24(29)33(32-22)18-6-3-2-4-7-18/h2-4,6-7,9-12,14H,5,8,13,29H2,1H3,(H,30,35). The fourth-order valence-corrected chi connectivity index (χ4v) is 5.10. The molecule has 0 bridgehead atoms. The van der Waals surface area contributed by atoms with Gasteiger partial charge in [-0.1, -0.05) is 18.2 Å². The van der Waals surface area contributed by atoms with Crippen LogP contribution in [0.4, 0.5) is 10.2 Å². The number of nitrogens with zero attached hydrogens (tertiary/aromatic N) is 5. The molecule has 36 heavy (non-hydrogen) atoms. The van der Waals surface area contributed by atoms with E-state index >= 15 is 0 Å². The number of nitriles is 1. The van der Waals surface area contributed by atoms with Crippen LogP contribution in [0.25, 0.3) is 21.6 Å². The molecule has 0 fully saturated rings. The van der Waals surface area contributed by atoms with Gasteiger partial charge >= 0.3 is 0 Å². The van der Waals surface area contributed by atoms with E-state index in [0.717, 1.165) is 27.3 Å². The number of anilines is 1. The molecule has 5 rings (SSSR count). The Balaban J connectivity index is 1.26. The maximum absolute atomic E-state index is 13.3. The van der Waals surface area contributed by atoms with Crippen molar-refractivity contribution in [3.8, 4) is 17.4 Å². The number of amides is 1. The van der Waals surface area contributed by atoms with Gasteiger partial charge in [0.15, 0.2) is 0 Å². The zero-order chi connectivity index (χ0) is 25.2. The lowest BCUT2D eigenvalue weighted by atomic mass is 10.1. The van der Waals surface area contributed by atoms with E-state index in [-0.39, 0.29) is 11.7 Å². The molecule has 0 atom stereocenters. The normalized spacial score (nSPS) is 11.0. The third-order valence-corrected chi connectivity index (χ3v) is 6.93. The van der Waals surface area contributed by atoms with Gasteiger partial charge in [-0.05, 0) is 62.2 Å². The van der Waals surface area contributed by atoms with E-state index < -0.39 is 0 Å². The molecule has 0 spiro atoms.